The number of nitrogens with one attached hydrogen (secondary N) is 1. The maximum atomic E-state index is 12.9. The van der Waals surface area contributed by atoms with Gasteiger partial charge in [0.2, 0.25) is 5.91 Å². The molecule has 1 N–H and O–H groups in total. The fourth-order valence-corrected chi connectivity index (χ4v) is 3.87. The van der Waals surface area contributed by atoms with Gasteiger partial charge in [0.15, 0.2) is 0 Å². The van der Waals surface area contributed by atoms with E-state index in [2.05, 4.69) is 29.0 Å². The number of ether oxygens (including phenoxy) is 1. The number of imidazole rings is 1. The van der Waals surface area contributed by atoms with Gasteiger partial charge in [-0.25, -0.2) is 4.98 Å². The molecular weight excluding hydrogens is 396 g/mol. The van der Waals surface area contributed by atoms with Crippen LogP contribution in [0.2, 0.25) is 0 Å². The lowest BCUT2D eigenvalue weighted by Crippen LogP contribution is -2.28. The largest absolute Gasteiger partial charge is 0.490 e. The molecule has 30 heavy (non-hydrogen) atoms. The minimum Gasteiger partial charge on any atom is -0.490 e. The van der Waals surface area contributed by atoms with E-state index in [0.29, 0.717) is 18.0 Å². The van der Waals surface area contributed by atoms with Crippen LogP contribution < -0.4 is 10.1 Å². The molecule has 1 aromatic heterocycles. The van der Waals surface area contributed by atoms with Gasteiger partial charge in [0, 0.05) is 6.54 Å². The van der Waals surface area contributed by atoms with Crippen LogP contribution in [-0.4, -0.2) is 52.9 Å². The van der Waals surface area contributed by atoms with E-state index in [0.717, 1.165) is 42.2 Å². The molecule has 0 saturated carbocycles. The monoisotopic (exact) mass is 426 g/mol. The van der Waals surface area contributed by atoms with E-state index >= 15 is 0 Å². The summed E-state index contributed by atoms with van der Waals surface area (Å²) < 4.78 is 7.95. The Morgan fingerprint density at radius 1 is 1.13 bits per heavy atom. The second-order valence-corrected chi connectivity index (χ2v) is 7.82. The molecule has 1 heterocycles. The summed E-state index contributed by atoms with van der Waals surface area (Å²) in [6.45, 7) is 7.92. The van der Waals surface area contributed by atoms with Crippen LogP contribution in [0.15, 0.2) is 48.5 Å². The van der Waals surface area contributed by atoms with E-state index in [4.69, 9.17) is 4.74 Å². The molecular formula is C23H30N4O2S. The zero-order chi connectivity index (χ0) is 21.3. The third kappa shape index (κ3) is 5.55. The second-order valence-electron chi connectivity index (χ2n) is 6.96. The highest BCUT2D eigenvalue weighted by Crippen LogP contribution is 2.24. The van der Waals surface area contributed by atoms with E-state index in [9.17, 15) is 4.79 Å². The highest BCUT2D eigenvalue weighted by molar-refractivity contribution is 7.97. The van der Waals surface area contributed by atoms with Crippen LogP contribution in [0.4, 0.5) is 5.69 Å². The number of nitrogens with zero attached hydrogens (tertiary/aromatic N) is 3. The Kier molecular flexibility index (Phi) is 8.16. The standard InChI is InChI=1S/C23H30N4O2S/c1-4-26(5-2)14-15-29-21-13-9-7-11-19(21)25-23(28)16-27-20-12-8-6-10-18(20)24-22(27)17-30-3/h6-13H,4-5,14-17H2,1-3H3,(H,25,28). The molecule has 7 heteroatoms. The highest BCUT2D eigenvalue weighted by atomic mass is 32.2. The van der Waals surface area contributed by atoms with E-state index in [1.165, 1.54) is 0 Å². The lowest BCUT2D eigenvalue weighted by molar-refractivity contribution is -0.116. The van der Waals surface area contributed by atoms with Gasteiger partial charge in [0.1, 0.15) is 24.7 Å². The number of anilines is 1. The van der Waals surface area contributed by atoms with Crippen LogP contribution in [0.5, 0.6) is 5.75 Å². The molecule has 0 saturated heterocycles. The smallest absolute Gasteiger partial charge is 0.244 e. The first kappa shape index (κ1) is 22.2. The number of hydrogen-bond acceptors (Lipinski definition) is 5. The van der Waals surface area contributed by atoms with Crippen LogP contribution in [0.3, 0.4) is 0 Å². The predicted octanol–water partition coefficient (Wildman–Crippen LogP) is 4.26. The van der Waals surface area contributed by atoms with Crippen molar-refractivity contribution in [1.82, 2.24) is 14.5 Å². The summed E-state index contributed by atoms with van der Waals surface area (Å²) in [5.74, 6) is 2.26. The number of hydrogen-bond donors (Lipinski definition) is 1. The predicted molar refractivity (Wildman–Crippen MR) is 125 cm³/mol. The number of thioether (sulfide) groups is 1. The van der Waals surface area contributed by atoms with Crippen molar-refractivity contribution in [2.24, 2.45) is 0 Å². The minimum atomic E-state index is -0.0969. The average Bonchev–Trinajstić information content (AvgIpc) is 3.10. The quantitative estimate of drug-likeness (QED) is 0.496. The van der Waals surface area contributed by atoms with Crippen LogP contribution in [0.25, 0.3) is 11.0 Å². The summed E-state index contributed by atoms with van der Waals surface area (Å²) in [6, 6.07) is 15.5. The van der Waals surface area contributed by atoms with Crippen molar-refractivity contribution >= 4 is 34.4 Å². The van der Waals surface area contributed by atoms with Gasteiger partial charge in [-0.3, -0.25) is 4.79 Å². The molecule has 0 bridgehead atoms. The Labute approximate surface area is 182 Å². The molecule has 2 aromatic carbocycles. The maximum absolute atomic E-state index is 12.9. The van der Waals surface area contributed by atoms with Crippen molar-refractivity contribution in [2.45, 2.75) is 26.1 Å². The van der Waals surface area contributed by atoms with Crippen molar-refractivity contribution < 1.29 is 9.53 Å². The number of fused-ring (bicyclic) bond motifs is 1. The molecule has 160 valence electrons. The number of aromatic nitrogens is 2. The summed E-state index contributed by atoms with van der Waals surface area (Å²) in [4.78, 5) is 19.9. The molecule has 0 aliphatic carbocycles. The molecule has 1 amide bonds. The molecule has 0 aliphatic rings. The minimum absolute atomic E-state index is 0.0969. The van der Waals surface area contributed by atoms with E-state index < -0.39 is 0 Å². The van der Waals surface area contributed by atoms with Crippen LogP contribution in [-0.2, 0) is 17.1 Å². The molecule has 0 fully saturated rings. The Morgan fingerprint density at radius 3 is 2.63 bits per heavy atom. The van der Waals surface area contributed by atoms with Gasteiger partial charge in [-0.05, 0) is 43.6 Å². The lowest BCUT2D eigenvalue weighted by atomic mass is 10.3. The number of benzene rings is 2. The molecule has 0 aliphatic heterocycles. The Morgan fingerprint density at radius 2 is 1.87 bits per heavy atom. The number of carbonyl (C=O) groups is 1. The topological polar surface area (TPSA) is 59.4 Å². The van der Waals surface area contributed by atoms with E-state index in [-0.39, 0.29) is 12.5 Å². The van der Waals surface area contributed by atoms with Gasteiger partial charge in [-0.2, -0.15) is 11.8 Å². The van der Waals surface area contributed by atoms with Gasteiger partial charge in [0.05, 0.1) is 22.5 Å². The molecule has 0 spiro atoms. The van der Waals surface area contributed by atoms with E-state index in [1.54, 1.807) is 11.8 Å². The van der Waals surface area contributed by atoms with Crippen molar-refractivity contribution in [1.29, 1.82) is 0 Å². The van der Waals surface area contributed by atoms with Gasteiger partial charge >= 0.3 is 0 Å². The van der Waals surface area contributed by atoms with Gasteiger partial charge in [-0.1, -0.05) is 38.1 Å². The first-order chi connectivity index (χ1) is 14.7. The Hall–Kier alpha value is -2.51. The van der Waals surface area contributed by atoms with Crippen molar-refractivity contribution in [3.63, 3.8) is 0 Å². The van der Waals surface area contributed by atoms with Gasteiger partial charge in [0.25, 0.3) is 0 Å². The third-order valence-electron chi connectivity index (χ3n) is 5.03. The number of rotatable bonds is 11. The number of amides is 1. The van der Waals surface area contributed by atoms with Gasteiger partial charge < -0.3 is 19.5 Å². The van der Waals surface area contributed by atoms with E-state index in [1.807, 2.05) is 59.4 Å². The zero-order valence-electron chi connectivity index (χ0n) is 17.9. The van der Waals surface area contributed by atoms with Gasteiger partial charge in [-0.15, -0.1) is 0 Å². The fourth-order valence-electron chi connectivity index (χ4n) is 3.39. The molecule has 6 nitrogen and oxygen atoms in total. The third-order valence-corrected chi connectivity index (χ3v) is 5.58. The summed E-state index contributed by atoms with van der Waals surface area (Å²) in [6.07, 6.45) is 2.04. The molecule has 0 radical (unpaired) electrons. The summed E-state index contributed by atoms with van der Waals surface area (Å²) in [7, 11) is 0. The van der Waals surface area contributed by atoms with Crippen LogP contribution in [0, 0.1) is 0 Å². The lowest BCUT2D eigenvalue weighted by Gasteiger charge is -2.19. The fraction of sp³-hybridized carbons (Fsp3) is 0.391. The Balaban J connectivity index is 1.70. The Bertz CT molecular complexity index is 969. The summed E-state index contributed by atoms with van der Waals surface area (Å²) in [5.41, 5.74) is 2.58. The SMILES string of the molecule is CCN(CC)CCOc1ccccc1NC(=O)Cn1c(CSC)nc2ccccc21. The van der Waals surface area contributed by atoms with Crippen molar-refractivity contribution in [2.75, 3.05) is 37.8 Å². The maximum Gasteiger partial charge on any atom is 0.244 e. The average molecular weight is 427 g/mol. The molecule has 3 aromatic rings. The second kappa shape index (κ2) is 11.0. The molecule has 0 atom stereocenters. The first-order valence-corrected chi connectivity index (χ1v) is 11.7. The zero-order valence-corrected chi connectivity index (χ0v) is 18.7. The highest BCUT2D eigenvalue weighted by Gasteiger charge is 2.14. The first-order valence-electron chi connectivity index (χ1n) is 10.3. The summed E-state index contributed by atoms with van der Waals surface area (Å²) in [5, 5.41) is 3.02. The summed E-state index contributed by atoms with van der Waals surface area (Å²) >= 11 is 1.69. The normalized spacial score (nSPS) is 11.2. The molecule has 0 unspecified atom stereocenters. The number of likely N-dealkylation sites (N-methyl/N-ethyl adjacent to an activating group) is 1. The number of para-hydroxylation sites is 4. The van der Waals surface area contributed by atoms with Crippen LogP contribution >= 0.6 is 11.8 Å². The number of carbonyl (C=O) groups excluding carboxylic acids is 1. The van der Waals surface area contributed by atoms with Crippen LogP contribution in [0.1, 0.15) is 19.7 Å². The van der Waals surface area contributed by atoms with Crippen molar-refractivity contribution in [3.05, 3.63) is 54.4 Å². The van der Waals surface area contributed by atoms with Crippen molar-refractivity contribution in [3.8, 4) is 5.75 Å². The molecule has 3 rings (SSSR count).